The Morgan fingerprint density at radius 1 is 1.00 bits per heavy atom. The first-order valence-electron chi connectivity index (χ1n) is 15.4. The number of para-hydroxylation sites is 1. The lowest BCUT2D eigenvalue weighted by Gasteiger charge is -2.30. The predicted octanol–water partition coefficient (Wildman–Crippen LogP) is 6.86. The third kappa shape index (κ3) is 8.61. The summed E-state index contributed by atoms with van der Waals surface area (Å²) >= 11 is 17.5. The van der Waals surface area contributed by atoms with Crippen LogP contribution in [0.25, 0.3) is 5.69 Å². The summed E-state index contributed by atoms with van der Waals surface area (Å²) in [6, 6.07) is 21.6. The summed E-state index contributed by atoms with van der Waals surface area (Å²) in [5.74, 6) is 0.194. The second-order valence-electron chi connectivity index (χ2n) is 11.1. The minimum atomic E-state index is -0.627. The van der Waals surface area contributed by atoms with Gasteiger partial charge in [0.2, 0.25) is 0 Å². The van der Waals surface area contributed by atoms with E-state index in [1.54, 1.807) is 50.4 Å². The predicted molar refractivity (Wildman–Crippen MR) is 195 cm³/mol. The Kier molecular flexibility index (Phi) is 11.6. The van der Waals surface area contributed by atoms with Crippen LogP contribution in [-0.2, 0) is 20.9 Å². The van der Waals surface area contributed by atoms with Crippen LogP contribution in [0, 0.1) is 13.8 Å². The van der Waals surface area contributed by atoms with Crippen LogP contribution < -0.4 is 25.5 Å². The largest absolute Gasteiger partial charge is 0.489 e. The van der Waals surface area contributed by atoms with Gasteiger partial charge in [-0.1, -0.05) is 47.5 Å². The van der Waals surface area contributed by atoms with E-state index < -0.39 is 17.9 Å². The number of aromatic nitrogens is 1. The van der Waals surface area contributed by atoms with Crippen molar-refractivity contribution in [3.8, 4) is 17.2 Å². The van der Waals surface area contributed by atoms with Gasteiger partial charge in [0.05, 0.1) is 34.5 Å². The van der Waals surface area contributed by atoms with Crippen LogP contribution in [0.4, 0.5) is 0 Å². The Hall–Kier alpha value is -4.84. The lowest BCUT2D eigenvalue weighted by Crippen LogP contribution is -2.45. The summed E-state index contributed by atoms with van der Waals surface area (Å²) in [6.07, 6.45) is 1.60. The van der Waals surface area contributed by atoms with Gasteiger partial charge in [0.1, 0.15) is 18.1 Å². The lowest BCUT2D eigenvalue weighted by atomic mass is 9.95. The zero-order valence-electron chi connectivity index (χ0n) is 27.3. The maximum atomic E-state index is 12.8. The molecule has 2 heterocycles. The van der Waals surface area contributed by atoms with E-state index in [1.165, 1.54) is 0 Å². The molecule has 254 valence electrons. The van der Waals surface area contributed by atoms with Crippen molar-refractivity contribution < 1.29 is 23.8 Å². The number of rotatable bonds is 12. The summed E-state index contributed by atoms with van der Waals surface area (Å²) in [4.78, 5) is 25.5. The van der Waals surface area contributed by atoms with E-state index >= 15 is 0 Å². The van der Waals surface area contributed by atoms with Gasteiger partial charge in [-0.25, -0.2) is 10.2 Å². The number of hydrazone groups is 1. The number of hydrogen-bond donors (Lipinski definition) is 3. The summed E-state index contributed by atoms with van der Waals surface area (Å²) in [6.45, 7) is 7.75. The number of hydrogen-bond acceptors (Lipinski definition) is 7. The van der Waals surface area contributed by atoms with Gasteiger partial charge in [0, 0.05) is 33.9 Å². The number of nitrogens with zero attached hydrogens (tertiary/aromatic N) is 2. The van der Waals surface area contributed by atoms with Crippen molar-refractivity contribution >= 4 is 58.6 Å². The Bertz CT molecular complexity index is 1940. The fourth-order valence-electron chi connectivity index (χ4n) is 5.41. The highest BCUT2D eigenvalue weighted by Gasteiger charge is 2.32. The summed E-state index contributed by atoms with van der Waals surface area (Å²) < 4.78 is 19.2. The van der Waals surface area contributed by atoms with Crippen LogP contribution in [0.3, 0.4) is 0 Å². The number of halogens is 2. The molecule has 0 saturated carbocycles. The van der Waals surface area contributed by atoms with E-state index in [0.29, 0.717) is 50.1 Å². The molecular weight excluding hydrogens is 685 g/mol. The minimum Gasteiger partial charge on any atom is -0.489 e. The van der Waals surface area contributed by atoms with Crippen molar-refractivity contribution in [2.45, 2.75) is 40.3 Å². The van der Waals surface area contributed by atoms with Crippen LogP contribution in [0.5, 0.6) is 11.5 Å². The number of amides is 1. The number of nitrogens with one attached hydrogen (secondary N) is 3. The van der Waals surface area contributed by atoms with Crippen molar-refractivity contribution in [3.05, 3.63) is 122 Å². The van der Waals surface area contributed by atoms with Crippen molar-refractivity contribution in [2.24, 2.45) is 5.10 Å². The minimum absolute atomic E-state index is 0.223. The Labute approximate surface area is 300 Å². The molecule has 1 amide bonds. The molecule has 0 aliphatic carbocycles. The number of ether oxygens (including phenoxy) is 3. The number of aryl methyl sites for hydroxylation is 1. The fourth-order valence-corrected chi connectivity index (χ4v) is 6.00. The third-order valence-corrected chi connectivity index (χ3v) is 8.66. The van der Waals surface area contributed by atoms with Gasteiger partial charge in [-0.15, -0.1) is 0 Å². The molecule has 0 spiro atoms. The van der Waals surface area contributed by atoms with E-state index in [1.807, 2.05) is 56.3 Å². The summed E-state index contributed by atoms with van der Waals surface area (Å²) in [7, 11) is 0. The number of esters is 1. The highest BCUT2D eigenvalue weighted by atomic mass is 35.5. The SMILES string of the molecule is CCOC(=O)C1=C(C)NC(=S)N[C@H]1c1ccccc1OCC(=O)NN=Cc1cc(C)n(-c2ccc(OCc3ccc(Cl)c(Cl)c3)cc2)c1C. The Morgan fingerprint density at radius 2 is 1.76 bits per heavy atom. The van der Waals surface area contributed by atoms with Crippen LogP contribution in [-0.4, -0.2) is 41.0 Å². The highest BCUT2D eigenvalue weighted by molar-refractivity contribution is 7.80. The molecule has 49 heavy (non-hydrogen) atoms. The normalized spacial score (nSPS) is 14.3. The molecule has 3 N–H and O–H groups in total. The summed E-state index contributed by atoms with van der Waals surface area (Å²) in [5, 5.41) is 11.6. The lowest BCUT2D eigenvalue weighted by molar-refractivity contribution is -0.139. The molecule has 0 radical (unpaired) electrons. The molecule has 4 aromatic rings. The molecule has 1 atom stereocenters. The van der Waals surface area contributed by atoms with Gasteiger partial charge in [-0.05, 0) is 94.0 Å². The van der Waals surface area contributed by atoms with Crippen LogP contribution in [0.15, 0.2) is 89.2 Å². The van der Waals surface area contributed by atoms with Crippen molar-refractivity contribution in [1.29, 1.82) is 0 Å². The topological polar surface area (TPSA) is 115 Å². The first-order valence-corrected chi connectivity index (χ1v) is 16.6. The second-order valence-corrected chi connectivity index (χ2v) is 12.3. The summed E-state index contributed by atoms with van der Waals surface area (Å²) in [5.41, 5.74) is 8.76. The quantitative estimate of drug-likeness (QED) is 0.0630. The van der Waals surface area contributed by atoms with Gasteiger partial charge in [-0.2, -0.15) is 5.10 Å². The number of allylic oxidation sites excluding steroid dienone is 1. The number of benzene rings is 3. The zero-order valence-corrected chi connectivity index (χ0v) is 29.6. The molecule has 13 heteroatoms. The Morgan fingerprint density at radius 3 is 2.49 bits per heavy atom. The van der Waals surface area contributed by atoms with Crippen molar-refractivity contribution in [1.82, 2.24) is 20.6 Å². The Balaban J connectivity index is 1.20. The monoisotopic (exact) mass is 719 g/mol. The standard InChI is InChI=1S/C36H35Cl2N5O5S/c1-5-46-35(45)33-22(3)40-36(49)41-34(33)28-8-6-7-9-31(28)48-20-32(44)42-39-18-25-16-21(2)43(23(25)4)26-11-13-27(14-12-26)47-19-24-10-15-29(37)30(38)17-24/h6-18,34H,5,19-20H2,1-4H3,(H,42,44)(H2,40,41,49)/t34-/m0/s1. The van der Waals surface area contributed by atoms with Gasteiger partial charge >= 0.3 is 5.97 Å². The van der Waals surface area contributed by atoms with E-state index in [9.17, 15) is 9.59 Å². The molecule has 1 aliphatic heterocycles. The maximum absolute atomic E-state index is 12.8. The molecule has 10 nitrogen and oxygen atoms in total. The molecule has 0 saturated heterocycles. The first kappa shape index (κ1) is 35.5. The number of carbonyl (C=O) groups excluding carboxylic acids is 2. The fraction of sp³-hybridized carbons (Fsp3) is 0.222. The van der Waals surface area contributed by atoms with E-state index in [2.05, 4.69) is 25.7 Å². The average Bonchev–Trinajstić information content (AvgIpc) is 3.36. The smallest absolute Gasteiger partial charge is 0.338 e. The van der Waals surface area contributed by atoms with Gasteiger partial charge in [0.25, 0.3) is 5.91 Å². The maximum Gasteiger partial charge on any atom is 0.338 e. The van der Waals surface area contributed by atoms with Gasteiger partial charge < -0.3 is 29.4 Å². The molecular formula is C36H35Cl2N5O5S. The number of thiocarbonyl (C=S) groups is 1. The van der Waals surface area contributed by atoms with Gasteiger partial charge in [0.15, 0.2) is 11.7 Å². The van der Waals surface area contributed by atoms with Crippen LogP contribution in [0.2, 0.25) is 10.0 Å². The molecule has 0 unspecified atom stereocenters. The van der Waals surface area contributed by atoms with E-state index in [0.717, 1.165) is 28.2 Å². The third-order valence-electron chi connectivity index (χ3n) is 7.70. The van der Waals surface area contributed by atoms with Gasteiger partial charge in [-0.3, -0.25) is 4.79 Å². The van der Waals surface area contributed by atoms with Crippen LogP contribution in [0.1, 0.15) is 48.0 Å². The second kappa shape index (κ2) is 16.0. The van der Waals surface area contributed by atoms with Crippen molar-refractivity contribution in [2.75, 3.05) is 13.2 Å². The molecule has 1 aromatic heterocycles. The van der Waals surface area contributed by atoms with Crippen molar-refractivity contribution in [3.63, 3.8) is 0 Å². The molecule has 0 fully saturated rings. The zero-order chi connectivity index (χ0) is 35.1. The van der Waals surface area contributed by atoms with Crippen LogP contribution >= 0.6 is 35.4 Å². The average molecular weight is 721 g/mol. The van der Waals surface area contributed by atoms with E-state index in [4.69, 9.17) is 49.6 Å². The number of carbonyl (C=O) groups is 2. The molecule has 5 rings (SSSR count). The molecule has 3 aromatic carbocycles. The highest BCUT2D eigenvalue weighted by Crippen LogP contribution is 2.33. The molecule has 0 bridgehead atoms. The van der Waals surface area contributed by atoms with E-state index in [-0.39, 0.29) is 13.2 Å². The first-order chi connectivity index (χ1) is 23.5. The molecule has 1 aliphatic rings.